The largest absolute Gasteiger partial charge is 0.454 e. The molecule has 0 radical (unpaired) electrons. The minimum absolute atomic E-state index is 0.0958. The maximum Gasteiger partial charge on any atom is 0.312 e. The van der Waals surface area contributed by atoms with Gasteiger partial charge < -0.3 is 35.7 Å². The first kappa shape index (κ1) is 22.6. The van der Waals surface area contributed by atoms with Gasteiger partial charge in [-0.3, -0.25) is 9.59 Å². The average molecular weight is 478 g/mol. The highest BCUT2D eigenvalue weighted by molar-refractivity contribution is 5.93. The summed E-state index contributed by atoms with van der Waals surface area (Å²) < 4.78 is 10.7. The molecular formula is C25H27N5O5. The highest BCUT2D eigenvalue weighted by Gasteiger charge is 2.32. The summed E-state index contributed by atoms with van der Waals surface area (Å²) in [7, 11) is 0. The first-order chi connectivity index (χ1) is 17.0. The van der Waals surface area contributed by atoms with Crippen LogP contribution in [0.2, 0.25) is 0 Å². The number of fused-ring (bicyclic) bond motifs is 2. The number of likely N-dealkylation sites (tertiary alicyclic amines) is 1. The van der Waals surface area contributed by atoms with E-state index in [4.69, 9.17) is 15.2 Å². The van der Waals surface area contributed by atoms with Gasteiger partial charge in [-0.2, -0.15) is 0 Å². The highest BCUT2D eigenvalue weighted by atomic mass is 16.7. The van der Waals surface area contributed by atoms with Crippen molar-refractivity contribution in [3.05, 3.63) is 54.2 Å². The molecule has 5 N–H and O–H groups in total. The van der Waals surface area contributed by atoms with Crippen LogP contribution in [0.15, 0.2) is 48.7 Å². The van der Waals surface area contributed by atoms with Crippen molar-refractivity contribution in [2.75, 3.05) is 25.2 Å². The molecule has 1 aromatic heterocycles. The fourth-order valence-electron chi connectivity index (χ4n) is 4.69. The second-order valence-corrected chi connectivity index (χ2v) is 8.78. The standard InChI is InChI=1S/C25H27N5O5/c26-25(33)29-20(11-16-13-27-19-4-2-1-3-18(16)19)24(32)30-9-7-15(8-10-30)23(31)28-17-5-6-21-22(12-17)35-14-34-21/h1-6,12-13,15,20,27H,7-11,14H2,(H,28,31)(H3,26,29,33)/t20-/m1/s1. The minimum atomic E-state index is -0.786. The van der Waals surface area contributed by atoms with Crippen LogP contribution in [0.1, 0.15) is 18.4 Å². The van der Waals surface area contributed by atoms with E-state index in [0.717, 1.165) is 16.5 Å². The van der Waals surface area contributed by atoms with Crippen LogP contribution in [0.5, 0.6) is 11.5 Å². The Hall–Kier alpha value is -4.21. The molecule has 0 saturated carbocycles. The number of amides is 4. The average Bonchev–Trinajstić information content (AvgIpc) is 3.50. The number of nitrogens with zero attached hydrogens (tertiary/aromatic N) is 1. The Balaban J connectivity index is 1.20. The molecule has 0 aliphatic carbocycles. The number of hydrogen-bond donors (Lipinski definition) is 4. The lowest BCUT2D eigenvalue weighted by molar-refractivity contribution is -0.136. The third-order valence-electron chi connectivity index (χ3n) is 6.53. The van der Waals surface area contributed by atoms with Gasteiger partial charge in [-0.1, -0.05) is 18.2 Å². The van der Waals surface area contributed by atoms with Crippen LogP contribution >= 0.6 is 0 Å². The predicted molar refractivity (Wildman–Crippen MR) is 129 cm³/mol. The number of rotatable bonds is 6. The zero-order valence-electron chi connectivity index (χ0n) is 19.1. The number of hydrogen-bond acceptors (Lipinski definition) is 5. The van der Waals surface area contributed by atoms with Gasteiger partial charge in [0.05, 0.1) is 0 Å². The van der Waals surface area contributed by atoms with E-state index in [1.807, 2.05) is 30.5 Å². The maximum absolute atomic E-state index is 13.3. The van der Waals surface area contributed by atoms with E-state index in [9.17, 15) is 14.4 Å². The van der Waals surface area contributed by atoms with Crippen molar-refractivity contribution in [2.24, 2.45) is 11.7 Å². The van der Waals surface area contributed by atoms with Crippen LogP contribution < -0.4 is 25.8 Å². The second kappa shape index (κ2) is 9.57. The number of nitrogens with two attached hydrogens (primary N) is 1. The molecular weight excluding hydrogens is 450 g/mol. The van der Waals surface area contributed by atoms with Gasteiger partial charge in [-0.05, 0) is 36.6 Å². The Labute approximate surface area is 201 Å². The molecule has 5 rings (SSSR count). The third-order valence-corrected chi connectivity index (χ3v) is 6.53. The highest BCUT2D eigenvalue weighted by Crippen LogP contribution is 2.34. The fourth-order valence-corrected chi connectivity index (χ4v) is 4.69. The van der Waals surface area contributed by atoms with Crippen molar-refractivity contribution in [3.63, 3.8) is 0 Å². The smallest absolute Gasteiger partial charge is 0.312 e. The Morgan fingerprint density at radius 1 is 1.09 bits per heavy atom. The van der Waals surface area contributed by atoms with Crippen LogP contribution in [-0.2, 0) is 16.0 Å². The molecule has 3 aromatic rings. The fraction of sp³-hybridized carbons (Fsp3) is 0.320. The monoisotopic (exact) mass is 477 g/mol. The van der Waals surface area contributed by atoms with Crippen LogP contribution in [0.25, 0.3) is 10.9 Å². The number of piperidine rings is 1. The molecule has 2 aliphatic rings. The van der Waals surface area contributed by atoms with Crippen molar-refractivity contribution >= 4 is 34.4 Å². The second-order valence-electron chi connectivity index (χ2n) is 8.78. The summed E-state index contributed by atoms with van der Waals surface area (Å²) in [6.07, 6.45) is 3.22. The number of aromatic amines is 1. The molecule has 4 amide bonds. The van der Waals surface area contributed by atoms with E-state index in [0.29, 0.717) is 49.5 Å². The molecule has 35 heavy (non-hydrogen) atoms. The summed E-state index contributed by atoms with van der Waals surface area (Å²) in [4.78, 5) is 42.6. The number of carbonyl (C=O) groups excluding carboxylic acids is 3. The van der Waals surface area contributed by atoms with Gasteiger partial charge in [0.1, 0.15) is 6.04 Å². The lowest BCUT2D eigenvalue weighted by Gasteiger charge is -2.33. The number of aromatic nitrogens is 1. The van der Waals surface area contributed by atoms with Crippen molar-refractivity contribution in [3.8, 4) is 11.5 Å². The molecule has 182 valence electrons. The summed E-state index contributed by atoms with van der Waals surface area (Å²) >= 11 is 0. The van der Waals surface area contributed by atoms with Crippen LogP contribution in [0, 0.1) is 5.92 Å². The molecule has 0 unspecified atom stereocenters. The molecule has 2 aliphatic heterocycles. The molecule has 1 saturated heterocycles. The Bertz CT molecular complexity index is 1260. The molecule has 10 heteroatoms. The number of para-hydroxylation sites is 1. The molecule has 0 bridgehead atoms. The molecule has 1 atom stereocenters. The number of H-pyrrole nitrogens is 1. The number of primary amides is 1. The zero-order chi connectivity index (χ0) is 24.4. The summed E-state index contributed by atoms with van der Waals surface area (Å²) in [6.45, 7) is 1.01. The van der Waals surface area contributed by atoms with Gasteiger partial charge in [0, 0.05) is 54.3 Å². The molecule has 2 aromatic carbocycles. The maximum atomic E-state index is 13.3. The predicted octanol–water partition coefficient (Wildman–Crippen LogP) is 2.35. The SMILES string of the molecule is NC(=O)N[C@H](Cc1c[nH]c2ccccc12)C(=O)N1CCC(C(=O)Nc2ccc3c(c2)OCO3)CC1. The number of urea groups is 1. The molecule has 0 spiro atoms. The van der Waals surface area contributed by atoms with E-state index in [1.165, 1.54) is 0 Å². The Morgan fingerprint density at radius 3 is 2.66 bits per heavy atom. The van der Waals surface area contributed by atoms with Gasteiger partial charge in [0.25, 0.3) is 0 Å². The van der Waals surface area contributed by atoms with Crippen molar-refractivity contribution < 1.29 is 23.9 Å². The van der Waals surface area contributed by atoms with Crippen LogP contribution in [0.3, 0.4) is 0 Å². The van der Waals surface area contributed by atoms with Crippen LogP contribution in [0.4, 0.5) is 10.5 Å². The van der Waals surface area contributed by atoms with E-state index in [-0.39, 0.29) is 24.5 Å². The Morgan fingerprint density at radius 2 is 1.86 bits per heavy atom. The minimum Gasteiger partial charge on any atom is -0.454 e. The van der Waals surface area contributed by atoms with E-state index >= 15 is 0 Å². The van der Waals surface area contributed by atoms with E-state index in [1.54, 1.807) is 23.1 Å². The first-order valence-corrected chi connectivity index (χ1v) is 11.6. The van der Waals surface area contributed by atoms with Gasteiger partial charge in [-0.15, -0.1) is 0 Å². The topological polar surface area (TPSA) is 139 Å². The Kier molecular flexibility index (Phi) is 6.17. The number of nitrogens with one attached hydrogen (secondary N) is 3. The van der Waals surface area contributed by atoms with E-state index < -0.39 is 12.1 Å². The number of carbonyl (C=O) groups is 3. The third kappa shape index (κ3) is 4.86. The molecule has 3 heterocycles. The molecule has 1 fully saturated rings. The van der Waals surface area contributed by atoms with Gasteiger partial charge in [0.15, 0.2) is 11.5 Å². The van der Waals surface area contributed by atoms with Crippen molar-refractivity contribution in [2.45, 2.75) is 25.3 Å². The summed E-state index contributed by atoms with van der Waals surface area (Å²) in [6, 6.07) is 11.5. The van der Waals surface area contributed by atoms with E-state index in [2.05, 4.69) is 15.6 Å². The number of ether oxygens (including phenoxy) is 2. The summed E-state index contributed by atoms with van der Waals surface area (Å²) in [5, 5.41) is 6.52. The van der Waals surface area contributed by atoms with Crippen molar-refractivity contribution in [1.82, 2.24) is 15.2 Å². The summed E-state index contributed by atoms with van der Waals surface area (Å²) in [5.41, 5.74) is 7.90. The van der Waals surface area contributed by atoms with Gasteiger partial charge in [0.2, 0.25) is 18.6 Å². The quantitative estimate of drug-likeness (QED) is 0.432. The number of anilines is 1. The normalized spacial score (nSPS) is 16.2. The molecule has 10 nitrogen and oxygen atoms in total. The lowest BCUT2D eigenvalue weighted by Crippen LogP contribution is -2.53. The van der Waals surface area contributed by atoms with Crippen molar-refractivity contribution in [1.29, 1.82) is 0 Å². The zero-order valence-corrected chi connectivity index (χ0v) is 19.1. The lowest BCUT2D eigenvalue weighted by atomic mass is 9.94. The first-order valence-electron chi connectivity index (χ1n) is 11.6. The number of benzene rings is 2. The van der Waals surface area contributed by atoms with Crippen LogP contribution in [-0.4, -0.2) is 53.7 Å². The summed E-state index contributed by atoms with van der Waals surface area (Å²) in [5.74, 6) is 0.735. The van der Waals surface area contributed by atoms with Gasteiger partial charge in [-0.25, -0.2) is 4.79 Å². The van der Waals surface area contributed by atoms with Gasteiger partial charge >= 0.3 is 6.03 Å².